The van der Waals surface area contributed by atoms with Crippen molar-refractivity contribution in [3.63, 3.8) is 0 Å². The van der Waals surface area contributed by atoms with Crippen molar-refractivity contribution in [1.29, 1.82) is 0 Å². The van der Waals surface area contributed by atoms with Gasteiger partial charge in [0, 0.05) is 0 Å². The van der Waals surface area contributed by atoms with Crippen LogP contribution in [0.3, 0.4) is 0 Å². The Bertz CT molecular complexity index is 763. The maximum atomic E-state index is 12.3. The average molecular weight is 325 g/mol. The van der Waals surface area contributed by atoms with Crippen molar-refractivity contribution in [3.05, 3.63) is 48.2 Å². The first-order valence-corrected chi connectivity index (χ1v) is 7.71. The molecule has 3 rings (SSSR count). The van der Waals surface area contributed by atoms with Crippen LogP contribution in [0.1, 0.15) is 12.6 Å². The van der Waals surface area contributed by atoms with Crippen LogP contribution in [-0.4, -0.2) is 30.0 Å². The topological polar surface area (TPSA) is 86.4 Å². The van der Waals surface area contributed by atoms with E-state index in [2.05, 4.69) is 20.9 Å². The molecule has 0 radical (unpaired) electrons. The van der Waals surface area contributed by atoms with Gasteiger partial charge in [0.05, 0.1) is 29.7 Å². The molecule has 1 aromatic heterocycles. The zero-order chi connectivity index (χ0) is 17.1. The molecular formula is C17H19N5O2. The minimum atomic E-state index is -0.316. The van der Waals surface area contributed by atoms with Crippen LogP contribution in [0.25, 0.3) is 0 Å². The Labute approximate surface area is 140 Å². The molecule has 7 nitrogen and oxygen atoms in total. The highest BCUT2D eigenvalue weighted by Gasteiger charge is 2.26. The second-order valence-electron chi connectivity index (χ2n) is 5.49. The minimum absolute atomic E-state index is 0.162. The van der Waals surface area contributed by atoms with Crippen molar-refractivity contribution in [1.82, 2.24) is 15.6 Å². The largest absolute Gasteiger partial charge is 0.332 e. The van der Waals surface area contributed by atoms with Gasteiger partial charge in [-0.05, 0) is 38.2 Å². The molecule has 3 amide bonds. The Hall–Kier alpha value is -2.93. The molecule has 7 heteroatoms. The summed E-state index contributed by atoms with van der Waals surface area (Å²) in [6, 6.07) is 12.3. The van der Waals surface area contributed by atoms with Crippen LogP contribution in [0.2, 0.25) is 0 Å². The van der Waals surface area contributed by atoms with Crippen molar-refractivity contribution in [3.8, 4) is 0 Å². The summed E-state index contributed by atoms with van der Waals surface area (Å²) in [6.07, 6.45) is 0. The predicted molar refractivity (Wildman–Crippen MR) is 92.2 cm³/mol. The van der Waals surface area contributed by atoms with Crippen molar-refractivity contribution in [2.75, 3.05) is 17.3 Å². The van der Waals surface area contributed by atoms with Crippen LogP contribution in [0.15, 0.2) is 42.5 Å². The van der Waals surface area contributed by atoms with Gasteiger partial charge in [-0.1, -0.05) is 18.2 Å². The summed E-state index contributed by atoms with van der Waals surface area (Å²) in [7, 11) is 1.72. The number of amides is 3. The SMILES string of the molecule is CNC(C)C(=O)Nc1ccc2c(n1)CNC(=O)N2c1ccccc1. The number of nitrogens with zero attached hydrogens (tertiary/aromatic N) is 2. The highest BCUT2D eigenvalue weighted by Crippen LogP contribution is 2.31. The van der Waals surface area contributed by atoms with Crippen molar-refractivity contribution < 1.29 is 9.59 Å². The first-order chi connectivity index (χ1) is 11.6. The highest BCUT2D eigenvalue weighted by molar-refractivity contribution is 6.01. The van der Waals surface area contributed by atoms with E-state index in [4.69, 9.17) is 0 Å². The van der Waals surface area contributed by atoms with Gasteiger partial charge >= 0.3 is 6.03 Å². The summed E-state index contributed by atoms with van der Waals surface area (Å²) in [6.45, 7) is 2.09. The molecule has 3 N–H and O–H groups in total. The maximum Gasteiger partial charge on any atom is 0.326 e. The van der Waals surface area contributed by atoms with E-state index in [1.54, 1.807) is 31.0 Å². The number of likely N-dealkylation sites (N-methyl/N-ethyl adjacent to an activating group) is 1. The van der Waals surface area contributed by atoms with E-state index in [1.807, 2.05) is 30.3 Å². The Morgan fingerprint density at radius 2 is 2.00 bits per heavy atom. The van der Waals surface area contributed by atoms with E-state index >= 15 is 0 Å². The Balaban J connectivity index is 1.90. The summed E-state index contributed by atoms with van der Waals surface area (Å²) in [4.78, 5) is 30.3. The molecule has 0 bridgehead atoms. The normalized spacial score (nSPS) is 14.6. The molecule has 1 aliphatic rings. The number of carbonyl (C=O) groups is 2. The van der Waals surface area contributed by atoms with Crippen LogP contribution < -0.4 is 20.9 Å². The lowest BCUT2D eigenvalue weighted by Crippen LogP contribution is -2.41. The monoisotopic (exact) mass is 325 g/mol. The van der Waals surface area contributed by atoms with Gasteiger partial charge in [-0.3, -0.25) is 9.69 Å². The lowest BCUT2D eigenvalue weighted by Gasteiger charge is -2.29. The summed E-state index contributed by atoms with van der Waals surface area (Å²) >= 11 is 0. The van der Waals surface area contributed by atoms with Crippen LogP contribution in [0.5, 0.6) is 0 Å². The molecular weight excluding hydrogens is 306 g/mol. The van der Waals surface area contributed by atoms with Crippen LogP contribution in [-0.2, 0) is 11.3 Å². The number of nitrogens with one attached hydrogen (secondary N) is 3. The third-order valence-electron chi connectivity index (χ3n) is 3.89. The minimum Gasteiger partial charge on any atom is -0.332 e. The Morgan fingerprint density at radius 3 is 2.71 bits per heavy atom. The molecule has 0 saturated heterocycles. The third-order valence-corrected chi connectivity index (χ3v) is 3.89. The molecule has 1 aliphatic heterocycles. The highest BCUT2D eigenvalue weighted by atomic mass is 16.2. The number of urea groups is 1. The quantitative estimate of drug-likeness (QED) is 0.802. The Morgan fingerprint density at radius 1 is 1.25 bits per heavy atom. The fourth-order valence-electron chi connectivity index (χ4n) is 2.44. The molecule has 24 heavy (non-hydrogen) atoms. The van der Waals surface area contributed by atoms with Crippen molar-refractivity contribution >= 4 is 29.1 Å². The van der Waals surface area contributed by atoms with Gasteiger partial charge in [-0.25, -0.2) is 9.78 Å². The number of anilines is 3. The number of rotatable bonds is 4. The zero-order valence-electron chi connectivity index (χ0n) is 13.5. The molecule has 2 heterocycles. The van der Waals surface area contributed by atoms with Gasteiger partial charge in [0.25, 0.3) is 0 Å². The number of hydrogen-bond donors (Lipinski definition) is 3. The number of para-hydroxylation sites is 1. The number of fused-ring (bicyclic) bond motifs is 1. The molecule has 2 aromatic rings. The predicted octanol–water partition coefficient (Wildman–Crippen LogP) is 1.99. The third kappa shape index (κ3) is 3.07. The van der Waals surface area contributed by atoms with Crippen LogP contribution in [0, 0.1) is 0 Å². The van der Waals surface area contributed by atoms with Crippen LogP contribution in [0.4, 0.5) is 22.0 Å². The fourth-order valence-corrected chi connectivity index (χ4v) is 2.44. The fraction of sp³-hybridized carbons (Fsp3) is 0.235. The maximum absolute atomic E-state index is 12.3. The summed E-state index contributed by atoms with van der Waals surface area (Å²) in [5.74, 6) is 0.301. The standard InChI is InChI=1S/C17H19N5O2/c1-11(18-2)16(23)21-15-9-8-14-13(20-15)10-19-17(24)22(14)12-6-4-3-5-7-12/h3-9,11,18H,10H2,1-2H3,(H,19,24)(H,20,21,23). The number of hydrogen-bond acceptors (Lipinski definition) is 4. The van der Waals surface area contributed by atoms with Gasteiger partial charge in [-0.15, -0.1) is 0 Å². The van der Waals surface area contributed by atoms with Gasteiger partial charge < -0.3 is 16.0 Å². The van der Waals surface area contributed by atoms with E-state index in [9.17, 15) is 9.59 Å². The zero-order valence-corrected chi connectivity index (χ0v) is 13.5. The smallest absolute Gasteiger partial charge is 0.326 e. The van der Waals surface area contributed by atoms with E-state index in [1.165, 1.54) is 0 Å². The van der Waals surface area contributed by atoms with Gasteiger partial charge in [-0.2, -0.15) is 0 Å². The molecule has 0 spiro atoms. The number of benzene rings is 1. The summed E-state index contributed by atoms with van der Waals surface area (Å²) < 4.78 is 0. The number of pyridine rings is 1. The van der Waals surface area contributed by atoms with Crippen LogP contribution >= 0.6 is 0 Å². The van der Waals surface area contributed by atoms with Crippen molar-refractivity contribution in [2.24, 2.45) is 0 Å². The average Bonchev–Trinajstić information content (AvgIpc) is 2.61. The van der Waals surface area contributed by atoms with Crippen molar-refractivity contribution in [2.45, 2.75) is 19.5 Å². The first-order valence-electron chi connectivity index (χ1n) is 7.71. The van der Waals surface area contributed by atoms with E-state index in [0.717, 1.165) is 5.69 Å². The lowest BCUT2D eigenvalue weighted by molar-refractivity contribution is -0.117. The lowest BCUT2D eigenvalue weighted by atomic mass is 10.2. The second kappa shape index (κ2) is 6.67. The van der Waals surface area contributed by atoms with E-state index in [-0.39, 0.29) is 18.0 Å². The molecule has 1 unspecified atom stereocenters. The molecule has 0 aliphatic carbocycles. The van der Waals surface area contributed by atoms with Gasteiger partial charge in [0.2, 0.25) is 5.91 Å². The van der Waals surface area contributed by atoms with E-state index in [0.29, 0.717) is 23.7 Å². The molecule has 1 atom stereocenters. The summed E-state index contributed by atoms with van der Waals surface area (Å²) in [5, 5.41) is 8.44. The first kappa shape index (κ1) is 15.9. The number of carbonyl (C=O) groups excluding carboxylic acids is 2. The van der Waals surface area contributed by atoms with Gasteiger partial charge in [0.1, 0.15) is 5.82 Å². The second-order valence-corrected chi connectivity index (χ2v) is 5.49. The Kier molecular flexibility index (Phi) is 4.43. The molecule has 1 aromatic carbocycles. The van der Waals surface area contributed by atoms with E-state index < -0.39 is 0 Å². The summed E-state index contributed by atoms with van der Waals surface area (Å²) in [5.41, 5.74) is 2.18. The molecule has 0 saturated carbocycles. The number of aromatic nitrogens is 1. The molecule has 0 fully saturated rings. The van der Waals surface area contributed by atoms with Gasteiger partial charge in [0.15, 0.2) is 0 Å². The molecule has 124 valence electrons.